The molecule has 1 radical (unpaired) electrons. The fourth-order valence-electron chi connectivity index (χ4n) is 0.671. The summed E-state index contributed by atoms with van der Waals surface area (Å²) in [5.74, 6) is 0. The lowest BCUT2D eigenvalue weighted by atomic mass is 10.5. The highest BCUT2D eigenvalue weighted by Gasteiger charge is 1.89. The van der Waals surface area contributed by atoms with Gasteiger partial charge in [-0.3, -0.25) is 0 Å². The minimum Gasteiger partial charge on any atom is -0.502 e. The zero-order chi connectivity index (χ0) is 12.9. The molecule has 0 unspecified atom stereocenters. The van der Waals surface area contributed by atoms with E-state index in [0.29, 0.717) is 0 Å². The molecule has 6 heteroatoms. The van der Waals surface area contributed by atoms with Gasteiger partial charge in [-0.25, -0.2) is 9.90 Å². The Morgan fingerprint density at radius 1 is 1.27 bits per heavy atom. The first kappa shape index (κ1) is 19.7. The van der Waals surface area contributed by atoms with Gasteiger partial charge in [0, 0.05) is 6.92 Å². The van der Waals surface area contributed by atoms with Crippen LogP contribution in [0.15, 0.2) is 0 Å². The Bertz CT molecular complexity index is 136. The molecule has 91 valence electrons. The lowest BCUT2D eigenvalue weighted by molar-refractivity contribution is 0.180. The molecule has 0 aliphatic heterocycles. The highest BCUT2D eigenvalue weighted by atomic mass is 32.1. The zero-order valence-electron chi connectivity index (χ0n) is 9.82. The van der Waals surface area contributed by atoms with Gasteiger partial charge in [-0.05, 0) is 31.9 Å². The van der Waals surface area contributed by atoms with Gasteiger partial charge in [0.1, 0.15) is 0 Å². The van der Waals surface area contributed by atoms with Crippen molar-refractivity contribution in [3.8, 4) is 0 Å². The van der Waals surface area contributed by atoms with Crippen molar-refractivity contribution < 1.29 is 15.0 Å². The van der Waals surface area contributed by atoms with Crippen LogP contribution in [0.2, 0.25) is 0 Å². The molecule has 0 bridgehead atoms. The van der Waals surface area contributed by atoms with Crippen molar-refractivity contribution >= 4 is 23.4 Å². The number of aliphatic hydroxyl groups excluding tert-OH is 1. The van der Waals surface area contributed by atoms with Crippen molar-refractivity contribution in [2.75, 3.05) is 19.6 Å². The van der Waals surface area contributed by atoms with Gasteiger partial charge in [-0.2, -0.15) is 0 Å². The van der Waals surface area contributed by atoms with Crippen molar-refractivity contribution in [3.05, 3.63) is 0 Å². The normalized spacial score (nSPS) is 8.07. The van der Waals surface area contributed by atoms with Crippen molar-refractivity contribution in [3.63, 3.8) is 0 Å². The van der Waals surface area contributed by atoms with Crippen molar-refractivity contribution in [1.29, 1.82) is 0 Å². The average Bonchev–Trinajstić information content (AvgIpc) is 2.05. The molecule has 0 saturated carbocycles. The summed E-state index contributed by atoms with van der Waals surface area (Å²) in [5, 5.41) is 16.5. The van der Waals surface area contributed by atoms with E-state index in [1.54, 1.807) is 0 Å². The molecule has 0 aromatic carbocycles. The monoisotopic (exact) mass is 237 g/mol. The van der Waals surface area contributed by atoms with Gasteiger partial charge in [0.15, 0.2) is 5.05 Å². The third-order valence-corrected chi connectivity index (χ3v) is 1.34. The van der Waals surface area contributed by atoms with Crippen LogP contribution in [0.4, 0.5) is 4.79 Å². The summed E-state index contributed by atoms with van der Waals surface area (Å²) in [6.07, 6.45) is -1.58. The first-order valence-corrected chi connectivity index (χ1v) is 5.10. The summed E-state index contributed by atoms with van der Waals surface area (Å²) in [7, 11) is 0. The Morgan fingerprint density at radius 3 is 1.40 bits per heavy atom. The quantitative estimate of drug-likeness (QED) is 0.732. The van der Waals surface area contributed by atoms with E-state index in [4.69, 9.17) is 15.0 Å². The molecule has 0 aromatic rings. The first-order chi connectivity index (χ1) is 6.81. The molecule has 1 amide bonds. The Kier molecular flexibility index (Phi) is 20.4. The van der Waals surface area contributed by atoms with Crippen LogP contribution in [-0.4, -0.2) is 40.8 Å². The summed E-state index contributed by atoms with van der Waals surface area (Å²) >= 11 is 4.09. The van der Waals surface area contributed by atoms with Gasteiger partial charge in [0.25, 0.3) is 0 Å². The summed E-state index contributed by atoms with van der Waals surface area (Å²) < 4.78 is 0. The van der Waals surface area contributed by atoms with Crippen molar-refractivity contribution in [2.24, 2.45) is 5.73 Å². The van der Waals surface area contributed by atoms with Crippen molar-refractivity contribution in [2.45, 2.75) is 27.7 Å². The van der Waals surface area contributed by atoms with E-state index in [0.717, 1.165) is 0 Å². The Hall–Kier alpha value is -0.880. The fourth-order valence-corrected chi connectivity index (χ4v) is 0.671. The maximum absolute atomic E-state index is 8.67. The molecule has 0 aliphatic carbocycles. The summed E-state index contributed by atoms with van der Waals surface area (Å²) in [5.41, 5.74) is 3.92. The van der Waals surface area contributed by atoms with Crippen LogP contribution in [0.3, 0.4) is 0 Å². The van der Waals surface area contributed by atoms with Gasteiger partial charge in [0.2, 0.25) is 0 Å². The van der Waals surface area contributed by atoms with Crippen LogP contribution >= 0.6 is 12.2 Å². The molecule has 0 rings (SSSR count). The van der Waals surface area contributed by atoms with Crippen LogP contribution in [-0.2, 0) is 5.11 Å². The maximum Gasteiger partial charge on any atom is 0.448 e. The van der Waals surface area contributed by atoms with Gasteiger partial charge in [-0.1, -0.05) is 20.8 Å². The third-order valence-electron chi connectivity index (χ3n) is 1.34. The van der Waals surface area contributed by atoms with E-state index < -0.39 is 6.09 Å². The van der Waals surface area contributed by atoms with Crippen LogP contribution in [0.25, 0.3) is 0 Å². The predicted molar refractivity (Wildman–Crippen MR) is 64.6 cm³/mol. The van der Waals surface area contributed by atoms with E-state index in [-0.39, 0.29) is 5.05 Å². The first-order valence-electron chi connectivity index (χ1n) is 4.69. The topological polar surface area (TPSA) is 86.5 Å². The SMILES string of the molecule is CC(O)=S.CCN(CC)CC.NC([O])=O. The smallest absolute Gasteiger partial charge is 0.448 e. The number of primary amides is 1. The number of nitrogens with two attached hydrogens (primary N) is 1. The maximum atomic E-state index is 8.67. The fraction of sp³-hybridized carbons (Fsp3) is 0.778. The van der Waals surface area contributed by atoms with Crippen LogP contribution in [0.1, 0.15) is 27.7 Å². The predicted octanol–water partition coefficient (Wildman–Crippen LogP) is 1.74. The van der Waals surface area contributed by atoms with E-state index in [1.165, 1.54) is 26.6 Å². The van der Waals surface area contributed by atoms with Gasteiger partial charge < -0.3 is 15.7 Å². The van der Waals surface area contributed by atoms with E-state index in [1.807, 2.05) is 0 Å². The van der Waals surface area contributed by atoms with E-state index in [2.05, 4.69) is 43.6 Å². The zero-order valence-corrected chi connectivity index (χ0v) is 10.6. The summed E-state index contributed by atoms with van der Waals surface area (Å²) in [6, 6.07) is 0. The molecule has 3 N–H and O–H groups in total. The van der Waals surface area contributed by atoms with Crippen LogP contribution < -0.4 is 5.73 Å². The standard InChI is InChI=1S/C6H15N.C2H4OS.CH2NO2/c1-4-7(5-2)6-3;1-2(3)4;2-1(3)4/h4-6H2,1-3H3;1H3,(H,3,4);2H2. The summed E-state index contributed by atoms with van der Waals surface area (Å²) in [6.45, 7) is 11.6. The number of hydrogen-bond donors (Lipinski definition) is 2. The molecular weight excluding hydrogens is 216 g/mol. The van der Waals surface area contributed by atoms with Gasteiger partial charge in [0.05, 0.1) is 0 Å². The number of amides is 1. The number of nitrogens with zero attached hydrogens (tertiary/aromatic N) is 1. The number of thiocarbonyl (C=S) groups is 1. The molecule has 0 aromatic heterocycles. The number of hydrogen-bond acceptors (Lipinski definition) is 3. The molecule has 0 heterocycles. The number of carbonyl (C=O) groups is 1. The number of carbonyl (C=O) groups excluding carboxylic acids is 1. The third kappa shape index (κ3) is 61.9. The number of aliphatic hydroxyl groups is 1. The molecule has 15 heavy (non-hydrogen) atoms. The van der Waals surface area contributed by atoms with Gasteiger partial charge >= 0.3 is 6.09 Å². The molecule has 0 fully saturated rings. The highest BCUT2D eigenvalue weighted by Crippen LogP contribution is 1.81. The average molecular weight is 237 g/mol. The Morgan fingerprint density at radius 2 is 1.40 bits per heavy atom. The largest absolute Gasteiger partial charge is 0.502 e. The molecule has 0 aliphatic rings. The number of rotatable bonds is 3. The van der Waals surface area contributed by atoms with E-state index >= 15 is 0 Å². The van der Waals surface area contributed by atoms with Crippen LogP contribution in [0.5, 0.6) is 0 Å². The van der Waals surface area contributed by atoms with Gasteiger partial charge in [-0.15, -0.1) is 0 Å². The Labute approximate surface area is 96.9 Å². The molecule has 0 atom stereocenters. The minimum atomic E-state index is -1.58. The molecule has 0 spiro atoms. The lowest BCUT2D eigenvalue weighted by Crippen LogP contribution is -2.21. The second-order valence-electron chi connectivity index (χ2n) is 2.46. The van der Waals surface area contributed by atoms with E-state index in [9.17, 15) is 0 Å². The summed E-state index contributed by atoms with van der Waals surface area (Å²) in [4.78, 5) is 11.0. The minimum absolute atomic E-state index is 0.000000000000000222. The van der Waals surface area contributed by atoms with Crippen LogP contribution in [0, 0.1) is 0 Å². The Balaban J connectivity index is -0.000000155. The molecule has 5 nitrogen and oxygen atoms in total. The second kappa shape index (κ2) is 15.6. The molecular formula is C9H21N2O3S. The molecule has 0 saturated heterocycles. The highest BCUT2D eigenvalue weighted by molar-refractivity contribution is 7.79. The van der Waals surface area contributed by atoms with Crippen molar-refractivity contribution in [1.82, 2.24) is 4.90 Å². The second-order valence-corrected chi connectivity index (χ2v) is 3.05. The lowest BCUT2D eigenvalue weighted by Gasteiger charge is -2.13.